The van der Waals surface area contributed by atoms with E-state index in [1.54, 1.807) is 26.2 Å². The van der Waals surface area contributed by atoms with Crippen LogP contribution in [0.2, 0.25) is 0 Å². The number of amides is 1. The molecule has 0 saturated heterocycles. The molecule has 1 unspecified atom stereocenters. The maximum atomic E-state index is 12.5. The molecular formula is C22H19NO4. The van der Waals surface area contributed by atoms with Crippen LogP contribution in [0.15, 0.2) is 71.1 Å². The van der Waals surface area contributed by atoms with Gasteiger partial charge in [0.2, 0.25) is 0 Å². The third-order valence-corrected chi connectivity index (χ3v) is 4.37. The third-order valence-electron chi connectivity index (χ3n) is 4.37. The number of para-hydroxylation sites is 1. The average molecular weight is 361 g/mol. The number of furan rings is 1. The molecule has 1 heterocycles. The number of rotatable bonds is 5. The SMILES string of the molecule is COc1cccc(OC(C)C(=O)Nc2ccc3c(c2)oc2ccccc23)c1. The number of hydrogen-bond acceptors (Lipinski definition) is 4. The minimum Gasteiger partial charge on any atom is -0.497 e. The number of methoxy groups -OCH3 is 1. The van der Waals surface area contributed by atoms with Crippen LogP contribution in [0.25, 0.3) is 21.9 Å². The molecule has 1 aromatic heterocycles. The highest BCUT2D eigenvalue weighted by atomic mass is 16.5. The second kappa shape index (κ2) is 7.03. The lowest BCUT2D eigenvalue weighted by atomic mass is 10.1. The predicted molar refractivity (Wildman–Crippen MR) is 105 cm³/mol. The van der Waals surface area contributed by atoms with E-state index in [0.717, 1.165) is 21.9 Å². The summed E-state index contributed by atoms with van der Waals surface area (Å²) in [5.74, 6) is 1.01. The molecule has 4 rings (SSSR count). The molecule has 0 bridgehead atoms. The van der Waals surface area contributed by atoms with Gasteiger partial charge < -0.3 is 19.2 Å². The molecule has 27 heavy (non-hydrogen) atoms. The molecule has 3 aromatic carbocycles. The normalized spacial score (nSPS) is 12.1. The van der Waals surface area contributed by atoms with E-state index in [2.05, 4.69) is 5.32 Å². The number of ether oxygens (including phenoxy) is 2. The highest BCUT2D eigenvalue weighted by Gasteiger charge is 2.16. The lowest BCUT2D eigenvalue weighted by Crippen LogP contribution is -2.30. The number of nitrogens with one attached hydrogen (secondary N) is 1. The fraction of sp³-hybridized carbons (Fsp3) is 0.136. The van der Waals surface area contributed by atoms with Crippen molar-refractivity contribution in [3.63, 3.8) is 0 Å². The molecule has 1 amide bonds. The molecule has 136 valence electrons. The molecule has 1 N–H and O–H groups in total. The number of fused-ring (bicyclic) bond motifs is 3. The van der Waals surface area contributed by atoms with Crippen molar-refractivity contribution in [2.75, 3.05) is 12.4 Å². The molecule has 0 saturated carbocycles. The van der Waals surface area contributed by atoms with Gasteiger partial charge in [0.25, 0.3) is 5.91 Å². The maximum absolute atomic E-state index is 12.5. The summed E-state index contributed by atoms with van der Waals surface area (Å²) in [7, 11) is 1.59. The first-order valence-corrected chi connectivity index (χ1v) is 8.67. The van der Waals surface area contributed by atoms with Gasteiger partial charge in [-0.2, -0.15) is 0 Å². The number of anilines is 1. The molecule has 0 radical (unpaired) electrons. The molecular weight excluding hydrogens is 342 g/mol. The zero-order valence-corrected chi connectivity index (χ0v) is 15.1. The van der Waals surface area contributed by atoms with E-state index in [9.17, 15) is 4.79 Å². The Balaban J connectivity index is 1.50. The van der Waals surface area contributed by atoms with Crippen molar-refractivity contribution in [2.24, 2.45) is 0 Å². The molecule has 4 aromatic rings. The van der Waals surface area contributed by atoms with Gasteiger partial charge in [-0.3, -0.25) is 4.79 Å². The van der Waals surface area contributed by atoms with E-state index < -0.39 is 6.10 Å². The van der Waals surface area contributed by atoms with Crippen LogP contribution in [0.5, 0.6) is 11.5 Å². The quantitative estimate of drug-likeness (QED) is 0.543. The summed E-state index contributed by atoms with van der Waals surface area (Å²) in [6.45, 7) is 1.70. The Kier molecular flexibility index (Phi) is 4.42. The molecule has 1 atom stereocenters. The molecule has 0 aliphatic carbocycles. The Bertz CT molecular complexity index is 1120. The zero-order valence-electron chi connectivity index (χ0n) is 15.1. The monoisotopic (exact) mass is 361 g/mol. The minimum atomic E-state index is -0.663. The molecule has 0 aliphatic rings. The van der Waals surface area contributed by atoms with Gasteiger partial charge in [0.1, 0.15) is 22.7 Å². The van der Waals surface area contributed by atoms with E-state index >= 15 is 0 Å². The van der Waals surface area contributed by atoms with Gasteiger partial charge in [0, 0.05) is 28.6 Å². The van der Waals surface area contributed by atoms with E-state index in [4.69, 9.17) is 13.9 Å². The Labute approximate surface area is 156 Å². The largest absolute Gasteiger partial charge is 0.497 e. The van der Waals surface area contributed by atoms with Crippen molar-refractivity contribution in [3.8, 4) is 11.5 Å². The minimum absolute atomic E-state index is 0.242. The Morgan fingerprint density at radius 2 is 1.70 bits per heavy atom. The van der Waals surface area contributed by atoms with Crippen LogP contribution in [0.1, 0.15) is 6.92 Å². The van der Waals surface area contributed by atoms with Crippen LogP contribution in [0.4, 0.5) is 5.69 Å². The fourth-order valence-electron chi connectivity index (χ4n) is 2.98. The fourth-order valence-corrected chi connectivity index (χ4v) is 2.98. The molecule has 5 heteroatoms. The van der Waals surface area contributed by atoms with Crippen LogP contribution in [-0.4, -0.2) is 19.1 Å². The summed E-state index contributed by atoms with van der Waals surface area (Å²) in [5.41, 5.74) is 2.22. The Morgan fingerprint density at radius 1 is 0.926 bits per heavy atom. The molecule has 5 nitrogen and oxygen atoms in total. The van der Waals surface area contributed by atoms with Crippen molar-refractivity contribution < 1.29 is 18.7 Å². The maximum Gasteiger partial charge on any atom is 0.265 e. The standard InChI is InChI=1S/C22H19NO4/c1-14(26-17-7-5-6-16(13-17)25-2)22(24)23-15-10-11-19-18-8-3-4-9-20(18)27-21(19)12-15/h3-14H,1-2H3,(H,23,24). The van der Waals surface area contributed by atoms with E-state index in [1.165, 1.54) is 0 Å². The van der Waals surface area contributed by atoms with Crippen molar-refractivity contribution in [3.05, 3.63) is 66.7 Å². The lowest BCUT2D eigenvalue weighted by Gasteiger charge is -2.15. The summed E-state index contributed by atoms with van der Waals surface area (Å²) in [4.78, 5) is 12.5. The highest BCUT2D eigenvalue weighted by molar-refractivity contribution is 6.06. The van der Waals surface area contributed by atoms with Gasteiger partial charge in [-0.15, -0.1) is 0 Å². The van der Waals surface area contributed by atoms with Crippen LogP contribution in [0.3, 0.4) is 0 Å². The van der Waals surface area contributed by atoms with Crippen molar-refractivity contribution >= 4 is 33.5 Å². The summed E-state index contributed by atoms with van der Waals surface area (Å²) in [6, 6.07) is 20.7. The summed E-state index contributed by atoms with van der Waals surface area (Å²) in [6.07, 6.45) is -0.663. The number of hydrogen-bond donors (Lipinski definition) is 1. The summed E-state index contributed by atoms with van der Waals surface area (Å²) >= 11 is 0. The van der Waals surface area contributed by atoms with Crippen molar-refractivity contribution in [1.29, 1.82) is 0 Å². The number of carbonyl (C=O) groups is 1. The smallest absolute Gasteiger partial charge is 0.265 e. The molecule has 0 spiro atoms. The average Bonchev–Trinajstić information content (AvgIpc) is 3.05. The Morgan fingerprint density at radius 3 is 2.56 bits per heavy atom. The summed E-state index contributed by atoms with van der Waals surface area (Å²) < 4.78 is 16.7. The first-order chi connectivity index (χ1) is 13.1. The Hall–Kier alpha value is -3.47. The van der Waals surface area contributed by atoms with Crippen molar-refractivity contribution in [2.45, 2.75) is 13.0 Å². The highest BCUT2D eigenvalue weighted by Crippen LogP contribution is 2.30. The van der Waals surface area contributed by atoms with Gasteiger partial charge in [-0.05, 0) is 37.3 Å². The van der Waals surface area contributed by atoms with E-state index in [1.807, 2.05) is 54.6 Å². The summed E-state index contributed by atoms with van der Waals surface area (Å²) in [5, 5.41) is 4.95. The predicted octanol–water partition coefficient (Wildman–Crippen LogP) is 5.00. The van der Waals surface area contributed by atoms with Gasteiger partial charge in [0.05, 0.1) is 7.11 Å². The number of benzene rings is 3. The number of carbonyl (C=O) groups excluding carboxylic acids is 1. The van der Waals surface area contributed by atoms with Gasteiger partial charge in [0.15, 0.2) is 6.10 Å². The van der Waals surface area contributed by atoms with Crippen LogP contribution in [0, 0.1) is 0 Å². The lowest BCUT2D eigenvalue weighted by molar-refractivity contribution is -0.122. The third kappa shape index (κ3) is 3.44. The van der Waals surface area contributed by atoms with E-state index in [0.29, 0.717) is 17.2 Å². The molecule has 0 fully saturated rings. The second-order valence-corrected chi connectivity index (χ2v) is 6.24. The van der Waals surface area contributed by atoms with Gasteiger partial charge in [-0.1, -0.05) is 24.3 Å². The van der Waals surface area contributed by atoms with E-state index in [-0.39, 0.29) is 5.91 Å². The first kappa shape index (κ1) is 17.0. The molecule has 0 aliphatic heterocycles. The van der Waals surface area contributed by atoms with Crippen LogP contribution >= 0.6 is 0 Å². The van der Waals surface area contributed by atoms with Gasteiger partial charge >= 0.3 is 0 Å². The van der Waals surface area contributed by atoms with Gasteiger partial charge in [-0.25, -0.2) is 0 Å². The first-order valence-electron chi connectivity index (χ1n) is 8.67. The second-order valence-electron chi connectivity index (χ2n) is 6.24. The van der Waals surface area contributed by atoms with Crippen LogP contribution < -0.4 is 14.8 Å². The van der Waals surface area contributed by atoms with Crippen molar-refractivity contribution in [1.82, 2.24) is 0 Å². The van der Waals surface area contributed by atoms with Crippen LogP contribution in [-0.2, 0) is 4.79 Å². The zero-order chi connectivity index (χ0) is 18.8. The topological polar surface area (TPSA) is 60.7 Å².